The summed E-state index contributed by atoms with van der Waals surface area (Å²) in [5.74, 6) is -1.05. The molecule has 124 valence electrons. The van der Waals surface area contributed by atoms with Crippen molar-refractivity contribution >= 4 is 19.9 Å². The maximum Gasteiger partial charge on any atom is 0.243 e. The van der Waals surface area contributed by atoms with Crippen molar-refractivity contribution < 1.29 is 21.2 Å². The number of rotatable bonds is 5. The molecule has 1 atom stereocenters. The summed E-state index contributed by atoms with van der Waals surface area (Å²) in [5.41, 5.74) is 0. The van der Waals surface area contributed by atoms with Crippen molar-refractivity contribution in [2.75, 3.05) is 26.4 Å². The lowest BCUT2D eigenvalue weighted by molar-refractivity contribution is 0.378. The Morgan fingerprint density at radius 1 is 1.32 bits per heavy atom. The third kappa shape index (κ3) is 3.32. The molecule has 1 heterocycles. The number of sulfone groups is 1. The van der Waals surface area contributed by atoms with E-state index in [0.717, 1.165) is 37.3 Å². The molecule has 0 bridgehead atoms. The van der Waals surface area contributed by atoms with Crippen LogP contribution in [0.15, 0.2) is 28.0 Å². The van der Waals surface area contributed by atoms with E-state index in [4.69, 9.17) is 0 Å². The van der Waals surface area contributed by atoms with E-state index < -0.39 is 30.6 Å². The molecular weight excluding hydrogens is 331 g/mol. The normalized spacial score (nSPS) is 20.4. The van der Waals surface area contributed by atoms with Crippen molar-refractivity contribution in [1.82, 2.24) is 9.62 Å². The molecule has 1 aliphatic heterocycles. The van der Waals surface area contributed by atoms with E-state index in [0.29, 0.717) is 13.1 Å². The summed E-state index contributed by atoms with van der Waals surface area (Å²) in [6.07, 6.45) is 2.36. The molecule has 1 aromatic rings. The van der Waals surface area contributed by atoms with Crippen molar-refractivity contribution in [2.24, 2.45) is 0 Å². The zero-order valence-electron chi connectivity index (χ0n) is 12.4. The molecule has 1 unspecified atom stereocenters. The number of hydrogen-bond acceptors (Lipinski definition) is 5. The molecule has 0 aliphatic carbocycles. The molecule has 1 aromatic carbocycles. The van der Waals surface area contributed by atoms with Gasteiger partial charge in [-0.15, -0.1) is 0 Å². The van der Waals surface area contributed by atoms with E-state index in [-0.39, 0.29) is 10.9 Å². The van der Waals surface area contributed by atoms with Gasteiger partial charge in [0.1, 0.15) is 10.7 Å². The van der Waals surface area contributed by atoms with Gasteiger partial charge in [-0.05, 0) is 38.1 Å². The summed E-state index contributed by atoms with van der Waals surface area (Å²) in [6.45, 7) is 0.896. The largest absolute Gasteiger partial charge is 0.318 e. The third-order valence-corrected chi connectivity index (χ3v) is 6.75. The minimum absolute atomic E-state index is 0.173. The lowest BCUT2D eigenvalue weighted by Crippen LogP contribution is -2.40. The fraction of sp³-hybridized carbons (Fsp3) is 0.538. The van der Waals surface area contributed by atoms with Crippen LogP contribution in [-0.2, 0) is 19.9 Å². The molecule has 1 saturated heterocycles. The molecule has 22 heavy (non-hydrogen) atoms. The van der Waals surface area contributed by atoms with E-state index in [2.05, 4.69) is 5.32 Å². The van der Waals surface area contributed by atoms with Crippen molar-refractivity contribution in [2.45, 2.75) is 28.7 Å². The average Bonchev–Trinajstić information content (AvgIpc) is 2.86. The monoisotopic (exact) mass is 350 g/mol. The molecule has 1 fully saturated rings. The first kappa shape index (κ1) is 17.3. The molecular formula is C13H19FN2O4S2. The van der Waals surface area contributed by atoms with Crippen molar-refractivity contribution in [3.05, 3.63) is 24.0 Å². The number of halogens is 1. The van der Waals surface area contributed by atoms with E-state index in [9.17, 15) is 21.2 Å². The number of nitrogens with zero attached hydrogens (tertiary/aromatic N) is 1. The molecule has 0 saturated carbocycles. The van der Waals surface area contributed by atoms with Crippen molar-refractivity contribution in [3.8, 4) is 0 Å². The fourth-order valence-corrected chi connectivity index (χ4v) is 5.08. The van der Waals surface area contributed by atoms with Crippen LogP contribution in [0.25, 0.3) is 0 Å². The van der Waals surface area contributed by atoms with Gasteiger partial charge in [0, 0.05) is 25.4 Å². The van der Waals surface area contributed by atoms with Gasteiger partial charge in [0.2, 0.25) is 10.0 Å². The average molecular weight is 350 g/mol. The summed E-state index contributed by atoms with van der Waals surface area (Å²) in [7, 11) is -5.82. The molecule has 0 radical (unpaired) electrons. The first-order valence-corrected chi connectivity index (χ1v) is 10.2. The van der Waals surface area contributed by atoms with Gasteiger partial charge in [0.15, 0.2) is 9.84 Å². The maximum atomic E-state index is 13.9. The Labute approximate surface area is 130 Å². The lowest BCUT2D eigenvalue weighted by atomic mass is 10.2. The van der Waals surface area contributed by atoms with Crippen LogP contribution in [0.5, 0.6) is 0 Å². The second-order valence-electron chi connectivity index (χ2n) is 5.33. The number of benzene rings is 1. The quantitative estimate of drug-likeness (QED) is 0.841. The molecule has 9 heteroatoms. The zero-order chi connectivity index (χ0) is 16.5. The number of nitrogens with one attached hydrogen (secondary N) is 1. The predicted octanol–water partition coefficient (Wildman–Crippen LogP) is 0.602. The third-order valence-electron chi connectivity index (χ3n) is 3.67. The van der Waals surface area contributed by atoms with Crippen molar-refractivity contribution in [1.29, 1.82) is 0 Å². The molecule has 2 rings (SSSR count). The van der Waals surface area contributed by atoms with Crippen LogP contribution in [-0.4, -0.2) is 53.6 Å². The first-order chi connectivity index (χ1) is 10.2. The van der Waals surface area contributed by atoms with E-state index >= 15 is 0 Å². The van der Waals surface area contributed by atoms with Crippen LogP contribution in [0, 0.1) is 5.82 Å². The van der Waals surface area contributed by atoms with Gasteiger partial charge in [0.25, 0.3) is 0 Å². The van der Waals surface area contributed by atoms with E-state index in [1.54, 1.807) is 7.05 Å². The van der Waals surface area contributed by atoms with E-state index in [1.807, 2.05) is 0 Å². The van der Waals surface area contributed by atoms with Crippen molar-refractivity contribution in [3.63, 3.8) is 0 Å². The summed E-state index contributed by atoms with van der Waals surface area (Å²) >= 11 is 0. The Morgan fingerprint density at radius 2 is 2.00 bits per heavy atom. The highest BCUT2D eigenvalue weighted by molar-refractivity contribution is 7.90. The zero-order valence-corrected chi connectivity index (χ0v) is 14.0. The Bertz CT molecular complexity index is 762. The number of hydrogen-bond donors (Lipinski definition) is 1. The van der Waals surface area contributed by atoms with Crippen LogP contribution in [0.3, 0.4) is 0 Å². The Balaban J connectivity index is 2.40. The van der Waals surface area contributed by atoms with Gasteiger partial charge in [-0.3, -0.25) is 0 Å². The predicted molar refractivity (Wildman–Crippen MR) is 80.4 cm³/mol. The molecule has 0 amide bonds. The number of sulfonamides is 1. The lowest BCUT2D eigenvalue weighted by Gasteiger charge is -2.24. The smallest absolute Gasteiger partial charge is 0.243 e. The van der Waals surface area contributed by atoms with Gasteiger partial charge in [0.05, 0.1) is 4.90 Å². The highest BCUT2D eigenvalue weighted by atomic mass is 32.2. The standard InChI is InChI=1S/C13H19FN2O4S2/c1-15-9-10-4-3-7-16(10)22(19,20)11-5-6-13(12(14)8-11)21(2,17)18/h5-6,8,10,15H,3-4,7,9H2,1-2H3. The first-order valence-electron chi connectivity index (χ1n) is 6.84. The minimum Gasteiger partial charge on any atom is -0.318 e. The van der Waals surface area contributed by atoms with Crippen LogP contribution in [0.4, 0.5) is 4.39 Å². The van der Waals surface area contributed by atoms with Crippen LogP contribution in [0.1, 0.15) is 12.8 Å². The summed E-state index contributed by atoms with van der Waals surface area (Å²) in [5, 5.41) is 2.94. The SMILES string of the molecule is CNCC1CCCN1S(=O)(=O)c1ccc(S(C)(=O)=O)c(F)c1. The van der Waals surface area contributed by atoms with Crippen LogP contribution < -0.4 is 5.32 Å². The number of likely N-dealkylation sites (N-methyl/N-ethyl adjacent to an activating group) is 1. The molecule has 6 nitrogen and oxygen atoms in total. The topological polar surface area (TPSA) is 83.6 Å². The van der Waals surface area contributed by atoms with Gasteiger partial charge in [-0.25, -0.2) is 21.2 Å². The van der Waals surface area contributed by atoms with Crippen LogP contribution >= 0.6 is 0 Å². The summed E-state index contributed by atoms with van der Waals surface area (Å²) in [4.78, 5) is -0.722. The van der Waals surface area contributed by atoms with Crippen LogP contribution in [0.2, 0.25) is 0 Å². The summed E-state index contributed by atoms with van der Waals surface area (Å²) < 4.78 is 63.3. The summed E-state index contributed by atoms with van der Waals surface area (Å²) in [6, 6.07) is 2.75. The second-order valence-corrected chi connectivity index (χ2v) is 9.21. The van der Waals surface area contributed by atoms with Gasteiger partial charge >= 0.3 is 0 Å². The molecule has 0 spiro atoms. The van der Waals surface area contributed by atoms with Gasteiger partial charge < -0.3 is 5.32 Å². The molecule has 0 aromatic heterocycles. The maximum absolute atomic E-state index is 13.9. The highest BCUT2D eigenvalue weighted by Crippen LogP contribution is 2.27. The van der Waals surface area contributed by atoms with Gasteiger partial charge in [-0.1, -0.05) is 0 Å². The fourth-order valence-electron chi connectivity index (χ4n) is 2.64. The Hall–Kier alpha value is -1.03. The highest BCUT2D eigenvalue weighted by Gasteiger charge is 2.35. The second kappa shape index (κ2) is 6.23. The molecule has 1 aliphatic rings. The Kier molecular flexibility index (Phi) is 4.90. The van der Waals surface area contributed by atoms with E-state index in [1.165, 1.54) is 4.31 Å². The minimum atomic E-state index is -3.84. The Morgan fingerprint density at radius 3 is 2.55 bits per heavy atom. The van der Waals surface area contributed by atoms with Gasteiger partial charge in [-0.2, -0.15) is 4.31 Å². The molecule has 1 N–H and O–H groups in total.